The van der Waals surface area contributed by atoms with Gasteiger partial charge in [-0.2, -0.15) is 9.97 Å². The Morgan fingerprint density at radius 3 is 2.52 bits per heavy atom. The Bertz CT molecular complexity index is 568. The van der Waals surface area contributed by atoms with Crippen LogP contribution >= 0.6 is 0 Å². The minimum Gasteiger partial charge on any atom is -0.367 e. The van der Waals surface area contributed by atoms with E-state index in [0.717, 1.165) is 24.4 Å². The molecule has 0 fully saturated rings. The molecule has 116 valence electrons. The molecule has 0 saturated heterocycles. The number of aromatic amines is 1. The summed E-state index contributed by atoms with van der Waals surface area (Å²) in [5.41, 5.74) is 1.51. The standard InChI is InChI=1S/C14H25N7/c1-9(2)21(10(3)4)7-6-16-12-11-13(18-8-17-11)20-14(15-5)19-12/h8-10H,6-7H2,1-5H3,(H3,15,16,17,18,19,20). The van der Waals surface area contributed by atoms with Gasteiger partial charge in [-0.25, -0.2) is 4.98 Å². The molecular formula is C14H25N7. The number of fused-ring (bicyclic) bond motifs is 1. The molecule has 2 aromatic heterocycles. The molecule has 0 aromatic carbocycles. The van der Waals surface area contributed by atoms with E-state index in [1.807, 2.05) is 0 Å². The normalized spacial score (nSPS) is 11.8. The van der Waals surface area contributed by atoms with Crippen molar-refractivity contribution in [3.05, 3.63) is 6.33 Å². The Hall–Kier alpha value is -1.89. The number of hydrogen-bond acceptors (Lipinski definition) is 6. The Labute approximate surface area is 125 Å². The molecule has 0 radical (unpaired) electrons. The van der Waals surface area contributed by atoms with E-state index >= 15 is 0 Å². The van der Waals surface area contributed by atoms with Crippen LogP contribution in [0.1, 0.15) is 27.7 Å². The van der Waals surface area contributed by atoms with Gasteiger partial charge in [-0.15, -0.1) is 0 Å². The lowest BCUT2D eigenvalue weighted by molar-refractivity contribution is 0.182. The minimum absolute atomic E-state index is 0.525. The van der Waals surface area contributed by atoms with Gasteiger partial charge in [0.1, 0.15) is 5.52 Å². The highest BCUT2D eigenvalue weighted by Crippen LogP contribution is 2.18. The first kappa shape index (κ1) is 15.5. The van der Waals surface area contributed by atoms with E-state index in [2.05, 4.69) is 63.2 Å². The molecule has 0 aliphatic rings. The summed E-state index contributed by atoms with van der Waals surface area (Å²) in [5, 5.41) is 6.34. The van der Waals surface area contributed by atoms with Crippen LogP contribution in [0.15, 0.2) is 6.33 Å². The molecule has 0 amide bonds. The first-order valence-electron chi connectivity index (χ1n) is 7.41. The summed E-state index contributed by atoms with van der Waals surface area (Å²) >= 11 is 0. The Balaban J connectivity index is 2.07. The number of nitrogens with one attached hydrogen (secondary N) is 3. The van der Waals surface area contributed by atoms with E-state index in [4.69, 9.17) is 0 Å². The van der Waals surface area contributed by atoms with Gasteiger partial charge in [0.05, 0.1) is 6.33 Å². The van der Waals surface area contributed by atoms with Crippen molar-refractivity contribution in [3.63, 3.8) is 0 Å². The molecule has 0 bridgehead atoms. The second-order valence-corrected chi connectivity index (χ2v) is 5.60. The first-order chi connectivity index (χ1) is 10.0. The van der Waals surface area contributed by atoms with Gasteiger partial charge in [0.25, 0.3) is 0 Å². The monoisotopic (exact) mass is 291 g/mol. The molecule has 0 saturated carbocycles. The summed E-state index contributed by atoms with van der Waals surface area (Å²) in [4.78, 5) is 18.5. The van der Waals surface area contributed by atoms with Gasteiger partial charge in [0, 0.05) is 32.2 Å². The number of nitrogens with zero attached hydrogens (tertiary/aromatic N) is 4. The summed E-state index contributed by atoms with van der Waals surface area (Å²) in [6, 6.07) is 1.05. The highest BCUT2D eigenvalue weighted by Gasteiger charge is 2.14. The highest BCUT2D eigenvalue weighted by atomic mass is 15.2. The predicted molar refractivity (Wildman–Crippen MR) is 86.7 cm³/mol. The summed E-state index contributed by atoms with van der Waals surface area (Å²) in [7, 11) is 1.80. The van der Waals surface area contributed by atoms with Crippen LogP contribution in [0.2, 0.25) is 0 Å². The van der Waals surface area contributed by atoms with Gasteiger partial charge < -0.3 is 15.6 Å². The number of aromatic nitrogens is 4. The van der Waals surface area contributed by atoms with Crippen LogP contribution in [-0.4, -0.2) is 57.1 Å². The maximum Gasteiger partial charge on any atom is 0.226 e. The number of hydrogen-bond donors (Lipinski definition) is 3. The van der Waals surface area contributed by atoms with Crippen molar-refractivity contribution in [1.82, 2.24) is 24.8 Å². The lowest BCUT2D eigenvalue weighted by Gasteiger charge is -2.30. The van der Waals surface area contributed by atoms with Crippen molar-refractivity contribution >= 4 is 22.9 Å². The molecular weight excluding hydrogens is 266 g/mol. The fraction of sp³-hybridized carbons (Fsp3) is 0.643. The molecule has 2 heterocycles. The molecule has 0 aliphatic carbocycles. The number of imidazole rings is 1. The Kier molecular flexibility index (Phi) is 4.95. The van der Waals surface area contributed by atoms with Crippen molar-refractivity contribution in [2.75, 3.05) is 30.8 Å². The second kappa shape index (κ2) is 6.71. The molecule has 7 nitrogen and oxygen atoms in total. The van der Waals surface area contributed by atoms with E-state index < -0.39 is 0 Å². The zero-order chi connectivity index (χ0) is 15.4. The van der Waals surface area contributed by atoms with Crippen LogP contribution in [0.4, 0.5) is 11.8 Å². The van der Waals surface area contributed by atoms with E-state index in [-0.39, 0.29) is 0 Å². The maximum atomic E-state index is 4.46. The average molecular weight is 291 g/mol. The summed E-state index contributed by atoms with van der Waals surface area (Å²) in [5.74, 6) is 1.36. The third-order valence-corrected chi connectivity index (χ3v) is 3.50. The molecule has 2 aromatic rings. The average Bonchev–Trinajstić information content (AvgIpc) is 2.90. The fourth-order valence-corrected chi connectivity index (χ4v) is 2.49. The van der Waals surface area contributed by atoms with Crippen LogP contribution in [-0.2, 0) is 0 Å². The highest BCUT2D eigenvalue weighted by molar-refractivity contribution is 5.83. The topological polar surface area (TPSA) is 81.8 Å². The minimum atomic E-state index is 0.525. The number of rotatable bonds is 7. The van der Waals surface area contributed by atoms with Crippen molar-refractivity contribution in [3.8, 4) is 0 Å². The maximum absolute atomic E-state index is 4.46. The molecule has 0 spiro atoms. The third-order valence-electron chi connectivity index (χ3n) is 3.50. The van der Waals surface area contributed by atoms with Gasteiger partial charge in [-0.05, 0) is 27.7 Å². The fourth-order valence-electron chi connectivity index (χ4n) is 2.49. The van der Waals surface area contributed by atoms with E-state index in [1.54, 1.807) is 13.4 Å². The van der Waals surface area contributed by atoms with Crippen molar-refractivity contribution < 1.29 is 0 Å². The zero-order valence-electron chi connectivity index (χ0n) is 13.4. The van der Waals surface area contributed by atoms with Gasteiger partial charge in [0.2, 0.25) is 5.95 Å². The summed E-state index contributed by atoms with van der Waals surface area (Å²) < 4.78 is 0. The molecule has 0 aliphatic heterocycles. The number of H-pyrrole nitrogens is 1. The summed E-state index contributed by atoms with van der Waals surface area (Å²) in [6.45, 7) is 10.7. The Morgan fingerprint density at radius 1 is 1.19 bits per heavy atom. The van der Waals surface area contributed by atoms with Gasteiger partial charge >= 0.3 is 0 Å². The molecule has 2 rings (SSSR count). The second-order valence-electron chi connectivity index (χ2n) is 5.60. The molecule has 21 heavy (non-hydrogen) atoms. The molecule has 0 unspecified atom stereocenters. The van der Waals surface area contributed by atoms with Crippen molar-refractivity contribution in [1.29, 1.82) is 0 Å². The van der Waals surface area contributed by atoms with Gasteiger partial charge in [0.15, 0.2) is 11.5 Å². The quantitative estimate of drug-likeness (QED) is 0.723. The lowest BCUT2D eigenvalue weighted by Crippen LogP contribution is -2.40. The Morgan fingerprint density at radius 2 is 1.90 bits per heavy atom. The summed E-state index contributed by atoms with van der Waals surface area (Å²) in [6.07, 6.45) is 1.64. The smallest absolute Gasteiger partial charge is 0.226 e. The van der Waals surface area contributed by atoms with E-state index in [9.17, 15) is 0 Å². The molecule has 0 atom stereocenters. The van der Waals surface area contributed by atoms with Crippen LogP contribution < -0.4 is 10.6 Å². The molecule has 3 N–H and O–H groups in total. The van der Waals surface area contributed by atoms with Crippen LogP contribution in [0.3, 0.4) is 0 Å². The molecule has 7 heteroatoms. The van der Waals surface area contributed by atoms with Gasteiger partial charge in [-0.1, -0.05) is 0 Å². The van der Waals surface area contributed by atoms with Gasteiger partial charge in [-0.3, -0.25) is 4.90 Å². The van der Waals surface area contributed by atoms with E-state index in [1.165, 1.54) is 0 Å². The van der Waals surface area contributed by atoms with E-state index in [0.29, 0.717) is 23.7 Å². The lowest BCUT2D eigenvalue weighted by atomic mass is 10.2. The van der Waals surface area contributed by atoms with Crippen molar-refractivity contribution in [2.24, 2.45) is 0 Å². The SMILES string of the molecule is CNc1nc(NCCN(C(C)C)C(C)C)c2[nH]cnc2n1. The number of anilines is 2. The largest absolute Gasteiger partial charge is 0.367 e. The van der Waals surface area contributed by atoms with Crippen LogP contribution in [0.5, 0.6) is 0 Å². The van der Waals surface area contributed by atoms with Crippen LogP contribution in [0, 0.1) is 0 Å². The van der Waals surface area contributed by atoms with Crippen molar-refractivity contribution in [2.45, 2.75) is 39.8 Å². The van der Waals surface area contributed by atoms with Crippen LogP contribution in [0.25, 0.3) is 11.2 Å². The first-order valence-corrected chi connectivity index (χ1v) is 7.41. The third kappa shape index (κ3) is 3.60. The predicted octanol–water partition coefficient (Wildman–Crippen LogP) is 1.93. The zero-order valence-corrected chi connectivity index (χ0v) is 13.4.